The Labute approximate surface area is 123 Å². The molecule has 3 N–H and O–H groups in total. The van der Waals surface area contributed by atoms with Gasteiger partial charge in [-0.15, -0.1) is 0 Å². The summed E-state index contributed by atoms with van der Waals surface area (Å²) in [6.45, 7) is 0.297. The predicted molar refractivity (Wildman–Crippen MR) is 80.7 cm³/mol. The van der Waals surface area contributed by atoms with Crippen LogP contribution in [-0.2, 0) is 4.79 Å². The molecule has 0 aromatic heterocycles. The van der Waals surface area contributed by atoms with Crippen LogP contribution in [0.5, 0.6) is 0 Å². The fraction of sp³-hybridized carbons (Fsp3) is 0.938. The van der Waals surface area contributed by atoms with Gasteiger partial charge in [0.25, 0.3) is 0 Å². The van der Waals surface area contributed by atoms with Crippen LogP contribution in [0, 0.1) is 0 Å². The SMILES string of the molecule is O=C(O)CCCCCC[C@@H](O)CCCCCCCCO. The highest BCUT2D eigenvalue weighted by Crippen LogP contribution is 2.13. The van der Waals surface area contributed by atoms with Crippen LogP contribution in [0.2, 0.25) is 0 Å². The Bertz CT molecular complexity index is 219. The fourth-order valence-corrected chi connectivity index (χ4v) is 2.35. The molecule has 0 rings (SSSR count). The normalized spacial score (nSPS) is 12.5. The third-order valence-electron chi connectivity index (χ3n) is 3.62. The van der Waals surface area contributed by atoms with E-state index in [4.69, 9.17) is 10.2 Å². The number of aliphatic hydroxyl groups is 2. The van der Waals surface area contributed by atoms with Gasteiger partial charge in [0.15, 0.2) is 0 Å². The summed E-state index contributed by atoms with van der Waals surface area (Å²) >= 11 is 0. The van der Waals surface area contributed by atoms with Crippen molar-refractivity contribution in [2.75, 3.05) is 6.61 Å². The lowest BCUT2D eigenvalue weighted by atomic mass is 10.0. The molecule has 0 aliphatic heterocycles. The van der Waals surface area contributed by atoms with Crippen LogP contribution in [0.4, 0.5) is 0 Å². The average molecular weight is 288 g/mol. The third kappa shape index (κ3) is 15.4. The molecule has 0 aromatic carbocycles. The number of carbonyl (C=O) groups is 1. The summed E-state index contributed by atoms with van der Waals surface area (Å²) in [5.41, 5.74) is 0. The van der Waals surface area contributed by atoms with Gasteiger partial charge in [0, 0.05) is 13.0 Å². The van der Waals surface area contributed by atoms with Crippen molar-refractivity contribution in [3.8, 4) is 0 Å². The zero-order valence-electron chi connectivity index (χ0n) is 12.7. The second-order valence-corrected chi connectivity index (χ2v) is 5.63. The van der Waals surface area contributed by atoms with Gasteiger partial charge in [-0.1, -0.05) is 51.4 Å². The number of carboxylic acids is 1. The molecule has 120 valence electrons. The van der Waals surface area contributed by atoms with Gasteiger partial charge in [0.05, 0.1) is 6.10 Å². The Kier molecular flexibility index (Phi) is 14.3. The van der Waals surface area contributed by atoms with E-state index in [1.807, 2.05) is 0 Å². The van der Waals surface area contributed by atoms with Crippen LogP contribution < -0.4 is 0 Å². The number of carboxylic acid groups (broad SMARTS) is 1. The van der Waals surface area contributed by atoms with Gasteiger partial charge < -0.3 is 15.3 Å². The molecular weight excluding hydrogens is 256 g/mol. The molecule has 0 radical (unpaired) electrons. The number of rotatable bonds is 15. The highest BCUT2D eigenvalue weighted by molar-refractivity contribution is 5.66. The Morgan fingerprint density at radius 3 is 1.70 bits per heavy atom. The topological polar surface area (TPSA) is 77.8 Å². The first-order chi connectivity index (χ1) is 9.66. The first-order valence-electron chi connectivity index (χ1n) is 8.17. The quantitative estimate of drug-likeness (QED) is 0.403. The van der Waals surface area contributed by atoms with Crippen molar-refractivity contribution in [2.45, 2.75) is 89.6 Å². The molecule has 0 aliphatic rings. The molecule has 0 aliphatic carbocycles. The minimum Gasteiger partial charge on any atom is -0.481 e. The lowest BCUT2D eigenvalue weighted by Gasteiger charge is -2.10. The maximum Gasteiger partial charge on any atom is 0.303 e. The number of hydrogen-bond acceptors (Lipinski definition) is 3. The van der Waals surface area contributed by atoms with Gasteiger partial charge in [-0.25, -0.2) is 0 Å². The number of aliphatic hydroxyl groups excluding tert-OH is 2. The third-order valence-corrected chi connectivity index (χ3v) is 3.62. The van der Waals surface area contributed by atoms with E-state index >= 15 is 0 Å². The van der Waals surface area contributed by atoms with Crippen LogP contribution >= 0.6 is 0 Å². The largest absolute Gasteiger partial charge is 0.481 e. The molecule has 0 saturated heterocycles. The van der Waals surface area contributed by atoms with Crippen molar-refractivity contribution >= 4 is 5.97 Å². The molecule has 0 aromatic rings. The maximum atomic E-state index is 10.3. The van der Waals surface area contributed by atoms with Crippen LogP contribution in [0.3, 0.4) is 0 Å². The minimum absolute atomic E-state index is 0.188. The molecule has 0 amide bonds. The van der Waals surface area contributed by atoms with E-state index in [0.717, 1.165) is 57.8 Å². The van der Waals surface area contributed by atoms with Gasteiger partial charge in [-0.2, -0.15) is 0 Å². The van der Waals surface area contributed by atoms with Gasteiger partial charge >= 0.3 is 5.97 Å². The average Bonchev–Trinajstić information content (AvgIpc) is 2.41. The van der Waals surface area contributed by atoms with E-state index in [1.54, 1.807) is 0 Å². The number of aliphatic carboxylic acids is 1. The summed E-state index contributed by atoms with van der Waals surface area (Å²) in [7, 11) is 0. The zero-order chi connectivity index (χ0) is 15.1. The van der Waals surface area contributed by atoms with Crippen molar-refractivity contribution < 1.29 is 20.1 Å². The Morgan fingerprint density at radius 1 is 0.750 bits per heavy atom. The molecule has 4 heteroatoms. The molecule has 20 heavy (non-hydrogen) atoms. The second-order valence-electron chi connectivity index (χ2n) is 5.63. The van der Waals surface area contributed by atoms with E-state index in [1.165, 1.54) is 19.3 Å². The van der Waals surface area contributed by atoms with Crippen molar-refractivity contribution in [2.24, 2.45) is 0 Å². The first kappa shape index (κ1) is 19.4. The van der Waals surface area contributed by atoms with E-state index in [2.05, 4.69) is 0 Å². The van der Waals surface area contributed by atoms with Crippen molar-refractivity contribution in [3.63, 3.8) is 0 Å². The molecular formula is C16H32O4. The van der Waals surface area contributed by atoms with Crippen molar-refractivity contribution in [1.29, 1.82) is 0 Å². The van der Waals surface area contributed by atoms with Crippen LogP contribution in [0.25, 0.3) is 0 Å². The van der Waals surface area contributed by atoms with Crippen LogP contribution in [-0.4, -0.2) is 34.0 Å². The summed E-state index contributed by atoms with van der Waals surface area (Å²) < 4.78 is 0. The maximum absolute atomic E-state index is 10.3. The molecule has 0 heterocycles. The number of hydrogen-bond donors (Lipinski definition) is 3. The summed E-state index contributed by atoms with van der Waals surface area (Å²) in [6.07, 6.45) is 12.2. The van der Waals surface area contributed by atoms with Gasteiger partial charge in [-0.05, 0) is 25.7 Å². The molecule has 4 nitrogen and oxygen atoms in total. The van der Waals surface area contributed by atoms with Gasteiger partial charge in [-0.3, -0.25) is 4.79 Å². The van der Waals surface area contributed by atoms with Crippen LogP contribution in [0.15, 0.2) is 0 Å². The predicted octanol–water partition coefficient (Wildman–Crippen LogP) is 3.50. The molecule has 0 fully saturated rings. The Hall–Kier alpha value is -0.610. The van der Waals surface area contributed by atoms with Gasteiger partial charge in [0.1, 0.15) is 0 Å². The Balaban J connectivity index is 3.16. The zero-order valence-corrected chi connectivity index (χ0v) is 12.7. The van der Waals surface area contributed by atoms with E-state index < -0.39 is 5.97 Å². The first-order valence-corrected chi connectivity index (χ1v) is 8.17. The van der Waals surface area contributed by atoms with E-state index in [9.17, 15) is 9.90 Å². The van der Waals surface area contributed by atoms with Crippen LogP contribution in [0.1, 0.15) is 83.5 Å². The molecule has 0 unspecified atom stereocenters. The van der Waals surface area contributed by atoms with E-state index in [-0.39, 0.29) is 12.5 Å². The van der Waals surface area contributed by atoms with Crippen molar-refractivity contribution in [3.05, 3.63) is 0 Å². The highest BCUT2D eigenvalue weighted by atomic mass is 16.4. The standard InChI is InChI=1S/C16H32O4/c17-14-10-6-2-1-3-7-11-15(18)12-8-4-5-9-13-16(19)20/h15,17-18H,1-14H2,(H,19,20)/t15-/m0/s1. The summed E-state index contributed by atoms with van der Waals surface area (Å²) in [5.74, 6) is -0.718. The summed E-state index contributed by atoms with van der Waals surface area (Å²) in [4.78, 5) is 10.3. The molecule has 0 spiro atoms. The second kappa shape index (κ2) is 14.8. The number of unbranched alkanes of at least 4 members (excludes halogenated alkanes) is 8. The smallest absolute Gasteiger partial charge is 0.303 e. The highest BCUT2D eigenvalue weighted by Gasteiger charge is 2.04. The molecule has 1 atom stereocenters. The van der Waals surface area contributed by atoms with Crippen molar-refractivity contribution in [1.82, 2.24) is 0 Å². The monoisotopic (exact) mass is 288 g/mol. The lowest BCUT2D eigenvalue weighted by Crippen LogP contribution is -2.06. The fourth-order valence-electron chi connectivity index (χ4n) is 2.35. The van der Waals surface area contributed by atoms with Gasteiger partial charge in [0.2, 0.25) is 0 Å². The van der Waals surface area contributed by atoms with E-state index in [0.29, 0.717) is 6.61 Å². The lowest BCUT2D eigenvalue weighted by molar-refractivity contribution is -0.137. The molecule has 0 saturated carbocycles. The molecule has 0 bridgehead atoms. The summed E-state index contributed by atoms with van der Waals surface area (Å²) in [6, 6.07) is 0. The summed E-state index contributed by atoms with van der Waals surface area (Å²) in [5, 5.41) is 26.9. The Morgan fingerprint density at radius 2 is 1.20 bits per heavy atom. The minimum atomic E-state index is -0.718.